The fourth-order valence-corrected chi connectivity index (χ4v) is 3.25. The van der Waals surface area contributed by atoms with Gasteiger partial charge in [-0.25, -0.2) is 0 Å². The van der Waals surface area contributed by atoms with Gasteiger partial charge in [-0.05, 0) is 30.3 Å². The van der Waals surface area contributed by atoms with E-state index in [9.17, 15) is 9.59 Å². The van der Waals surface area contributed by atoms with E-state index in [1.54, 1.807) is 35.0 Å². The van der Waals surface area contributed by atoms with Crippen LogP contribution in [0.15, 0.2) is 48.5 Å². The van der Waals surface area contributed by atoms with E-state index in [1.807, 2.05) is 30.3 Å². The molecule has 1 aliphatic heterocycles. The van der Waals surface area contributed by atoms with Crippen molar-refractivity contribution in [3.63, 3.8) is 0 Å². The molecule has 0 bridgehead atoms. The Morgan fingerprint density at radius 2 is 1.96 bits per heavy atom. The fourth-order valence-electron chi connectivity index (χ4n) is 3.00. The van der Waals surface area contributed by atoms with E-state index >= 15 is 0 Å². The molecule has 1 heterocycles. The number of methoxy groups -OCH3 is 1. The molecular weight excluding hydrogens is 340 g/mol. The highest BCUT2D eigenvalue weighted by Crippen LogP contribution is 2.33. The molecule has 6 heteroatoms. The Balaban J connectivity index is 1.76. The summed E-state index contributed by atoms with van der Waals surface area (Å²) in [5, 5.41) is 0.434. The van der Waals surface area contributed by atoms with Gasteiger partial charge in [0.05, 0.1) is 18.1 Å². The van der Waals surface area contributed by atoms with Gasteiger partial charge < -0.3 is 14.5 Å². The van der Waals surface area contributed by atoms with Gasteiger partial charge in [0, 0.05) is 31.4 Å². The lowest BCUT2D eigenvalue weighted by molar-refractivity contribution is -0.124. The average Bonchev–Trinajstić information content (AvgIpc) is 3.03. The zero-order valence-electron chi connectivity index (χ0n) is 14.1. The number of halogens is 1. The van der Waals surface area contributed by atoms with E-state index in [0.717, 1.165) is 5.69 Å². The van der Waals surface area contributed by atoms with Gasteiger partial charge >= 0.3 is 0 Å². The van der Waals surface area contributed by atoms with Crippen molar-refractivity contribution in [2.24, 2.45) is 5.92 Å². The van der Waals surface area contributed by atoms with Crippen molar-refractivity contribution in [3.05, 3.63) is 53.6 Å². The smallest absolute Gasteiger partial charge is 0.232 e. The Hall–Kier alpha value is -2.53. The molecule has 1 fully saturated rings. The number of carbonyl (C=O) groups excluding carboxylic acids is 2. The zero-order chi connectivity index (χ0) is 18.0. The van der Waals surface area contributed by atoms with Crippen LogP contribution in [-0.4, -0.2) is 32.5 Å². The predicted molar refractivity (Wildman–Crippen MR) is 98.3 cm³/mol. The number of amides is 2. The number of nitrogens with zero attached hydrogens (tertiary/aromatic N) is 2. The number of rotatable bonds is 4. The van der Waals surface area contributed by atoms with Crippen LogP contribution in [-0.2, 0) is 9.59 Å². The molecular formula is C19H19ClN2O3. The third-order valence-electron chi connectivity index (χ3n) is 4.40. The molecule has 0 radical (unpaired) electrons. The van der Waals surface area contributed by atoms with E-state index in [0.29, 0.717) is 23.0 Å². The van der Waals surface area contributed by atoms with E-state index in [4.69, 9.17) is 16.3 Å². The highest BCUT2D eigenvalue weighted by molar-refractivity contribution is 6.32. The number of anilines is 2. The Morgan fingerprint density at radius 1 is 1.24 bits per heavy atom. The van der Waals surface area contributed by atoms with Crippen LogP contribution in [0.3, 0.4) is 0 Å². The minimum atomic E-state index is -0.376. The van der Waals surface area contributed by atoms with E-state index in [2.05, 4.69) is 0 Å². The standard InChI is InChI=1S/C19H19ClN2O3/c1-21(14-6-4-3-5-7-14)19(24)13-10-18(23)22(12-13)15-8-9-17(25-2)16(20)11-15/h3-9,11,13H,10,12H2,1-2H3. The molecule has 0 spiro atoms. The fraction of sp³-hybridized carbons (Fsp3) is 0.263. The van der Waals surface area contributed by atoms with E-state index in [-0.39, 0.29) is 24.2 Å². The molecule has 0 aromatic heterocycles. The number of hydrogen-bond donors (Lipinski definition) is 0. The molecule has 2 amide bonds. The maximum absolute atomic E-state index is 12.7. The topological polar surface area (TPSA) is 49.9 Å². The first-order valence-electron chi connectivity index (χ1n) is 7.97. The van der Waals surface area contributed by atoms with Crippen LogP contribution in [0.1, 0.15) is 6.42 Å². The van der Waals surface area contributed by atoms with Gasteiger partial charge in [0.1, 0.15) is 5.75 Å². The molecule has 2 aromatic carbocycles. The minimum absolute atomic E-state index is 0.0679. The van der Waals surface area contributed by atoms with Crippen LogP contribution in [0.25, 0.3) is 0 Å². The summed E-state index contributed by atoms with van der Waals surface area (Å²) in [5.74, 6) is 0.0230. The van der Waals surface area contributed by atoms with Crippen LogP contribution in [0.2, 0.25) is 5.02 Å². The van der Waals surface area contributed by atoms with Crippen molar-refractivity contribution in [1.29, 1.82) is 0 Å². The van der Waals surface area contributed by atoms with Crippen molar-refractivity contribution in [2.75, 3.05) is 30.5 Å². The molecule has 25 heavy (non-hydrogen) atoms. The van der Waals surface area contributed by atoms with E-state index in [1.165, 1.54) is 7.11 Å². The first-order chi connectivity index (χ1) is 12.0. The summed E-state index contributed by atoms with van der Waals surface area (Å²) >= 11 is 6.15. The maximum atomic E-state index is 12.7. The lowest BCUT2D eigenvalue weighted by Gasteiger charge is -2.21. The summed E-state index contributed by atoms with van der Waals surface area (Å²) in [5.41, 5.74) is 1.49. The minimum Gasteiger partial charge on any atom is -0.495 e. The zero-order valence-corrected chi connectivity index (χ0v) is 14.9. The first kappa shape index (κ1) is 17.3. The van der Waals surface area contributed by atoms with Crippen molar-refractivity contribution in [3.8, 4) is 5.75 Å². The summed E-state index contributed by atoms with van der Waals surface area (Å²) < 4.78 is 5.13. The first-order valence-corrected chi connectivity index (χ1v) is 8.35. The van der Waals surface area contributed by atoms with Gasteiger partial charge in [-0.1, -0.05) is 29.8 Å². The van der Waals surface area contributed by atoms with Gasteiger partial charge in [0.2, 0.25) is 11.8 Å². The summed E-state index contributed by atoms with van der Waals surface area (Å²) in [4.78, 5) is 28.3. The molecule has 1 atom stereocenters. The molecule has 1 unspecified atom stereocenters. The normalized spacial score (nSPS) is 16.8. The van der Waals surface area contributed by atoms with Gasteiger partial charge in [0.25, 0.3) is 0 Å². The van der Waals surface area contributed by atoms with Crippen LogP contribution >= 0.6 is 11.6 Å². The second kappa shape index (κ2) is 7.15. The Bertz CT molecular complexity index is 795. The lowest BCUT2D eigenvalue weighted by atomic mass is 10.1. The van der Waals surface area contributed by atoms with Crippen molar-refractivity contribution >= 4 is 34.8 Å². The van der Waals surface area contributed by atoms with Crippen molar-refractivity contribution < 1.29 is 14.3 Å². The molecule has 130 valence electrons. The molecule has 1 aliphatic rings. The SMILES string of the molecule is COc1ccc(N2CC(C(=O)N(C)c3ccccc3)CC2=O)cc1Cl. The van der Waals surface area contributed by atoms with Gasteiger partial charge in [-0.3, -0.25) is 9.59 Å². The molecule has 0 N–H and O–H groups in total. The number of benzene rings is 2. The predicted octanol–water partition coefficient (Wildman–Crippen LogP) is 3.36. The Morgan fingerprint density at radius 3 is 2.60 bits per heavy atom. The number of carbonyl (C=O) groups is 2. The van der Waals surface area contributed by atoms with Gasteiger partial charge in [0.15, 0.2) is 0 Å². The lowest BCUT2D eigenvalue weighted by Crippen LogP contribution is -2.34. The van der Waals surface area contributed by atoms with Crippen LogP contribution < -0.4 is 14.5 Å². The number of hydrogen-bond acceptors (Lipinski definition) is 3. The number of para-hydroxylation sites is 1. The Labute approximate surface area is 151 Å². The molecule has 3 rings (SSSR count). The largest absolute Gasteiger partial charge is 0.495 e. The second-order valence-electron chi connectivity index (χ2n) is 5.96. The number of ether oxygens (including phenoxy) is 1. The highest BCUT2D eigenvalue weighted by atomic mass is 35.5. The monoisotopic (exact) mass is 358 g/mol. The van der Waals surface area contributed by atoms with Crippen molar-refractivity contribution in [2.45, 2.75) is 6.42 Å². The summed E-state index contributed by atoms with van der Waals surface area (Å²) in [6, 6.07) is 14.6. The molecule has 0 aliphatic carbocycles. The van der Waals surface area contributed by atoms with Gasteiger partial charge in [-0.15, -0.1) is 0 Å². The van der Waals surface area contributed by atoms with E-state index < -0.39 is 0 Å². The Kier molecular flexibility index (Phi) is 4.95. The third-order valence-corrected chi connectivity index (χ3v) is 4.69. The highest BCUT2D eigenvalue weighted by Gasteiger charge is 2.36. The quantitative estimate of drug-likeness (QED) is 0.842. The summed E-state index contributed by atoms with van der Waals surface area (Å²) in [6.07, 6.45) is 0.194. The average molecular weight is 359 g/mol. The second-order valence-corrected chi connectivity index (χ2v) is 6.36. The third kappa shape index (κ3) is 3.46. The molecule has 2 aromatic rings. The molecule has 0 saturated carbocycles. The van der Waals surface area contributed by atoms with Crippen LogP contribution in [0.4, 0.5) is 11.4 Å². The molecule has 1 saturated heterocycles. The van der Waals surface area contributed by atoms with Crippen LogP contribution in [0, 0.1) is 5.92 Å². The molecule has 5 nitrogen and oxygen atoms in total. The maximum Gasteiger partial charge on any atom is 0.232 e. The summed E-state index contributed by atoms with van der Waals surface area (Å²) in [6.45, 7) is 0.345. The van der Waals surface area contributed by atoms with Crippen LogP contribution in [0.5, 0.6) is 5.75 Å². The summed E-state index contributed by atoms with van der Waals surface area (Å²) in [7, 11) is 3.27. The van der Waals surface area contributed by atoms with Gasteiger partial charge in [-0.2, -0.15) is 0 Å². The van der Waals surface area contributed by atoms with Crippen molar-refractivity contribution in [1.82, 2.24) is 0 Å².